The molecule has 0 aromatic heterocycles. The van der Waals surface area contributed by atoms with Crippen molar-refractivity contribution in [3.8, 4) is 0 Å². The molecule has 2 atom stereocenters. The lowest BCUT2D eigenvalue weighted by Crippen LogP contribution is -2.38. The van der Waals surface area contributed by atoms with Crippen molar-refractivity contribution in [2.75, 3.05) is 46.9 Å². The fourth-order valence-corrected chi connectivity index (χ4v) is 4.15. The summed E-state index contributed by atoms with van der Waals surface area (Å²) in [5.74, 6) is 0.279. The van der Waals surface area contributed by atoms with Crippen molar-refractivity contribution in [3.63, 3.8) is 0 Å². The summed E-state index contributed by atoms with van der Waals surface area (Å²) < 4.78 is 5.13. The first-order chi connectivity index (χ1) is 11.7. The summed E-state index contributed by atoms with van der Waals surface area (Å²) in [5, 5.41) is 0. The number of likely N-dealkylation sites (N-methyl/N-ethyl adjacent to an activating group) is 1. The lowest BCUT2D eigenvalue weighted by Gasteiger charge is -2.28. The number of nitrogens with zero attached hydrogens (tertiary/aromatic N) is 2. The van der Waals surface area contributed by atoms with Gasteiger partial charge in [0, 0.05) is 19.6 Å². The lowest BCUT2D eigenvalue weighted by atomic mass is 9.93. The van der Waals surface area contributed by atoms with E-state index >= 15 is 0 Å². The molecule has 132 valence electrons. The van der Waals surface area contributed by atoms with Crippen LogP contribution in [0, 0.1) is 5.92 Å². The number of benzene rings is 1. The van der Waals surface area contributed by atoms with Crippen molar-refractivity contribution in [1.29, 1.82) is 0 Å². The van der Waals surface area contributed by atoms with Gasteiger partial charge in [0.2, 0.25) is 0 Å². The van der Waals surface area contributed by atoms with Crippen LogP contribution in [0.3, 0.4) is 0 Å². The number of likely N-dealkylation sites (tertiary alicyclic amines) is 1. The number of hydrogen-bond donors (Lipinski definition) is 0. The Morgan fingerprint density at radius 3 is 2.62 bits per heavy atom. The first kappa shape index (κ1) is 17.4. The molecule has 1 saturated carbocycles. The molecule has 1 heterocycles. The van der Waals surface area contributed by atoms with E-state index in [1.54, 1.807) is 0 Å². The van der Waals surface area contributed by atoms with E-state index in [0.29, 0.717) is 5.92 Å². The topological polar surface area (TPSA) is 32.8 Å². The van der Waals surface area contributed by atoms with Gasteiger partial charge in [-0.3, -0.25) is 4.79 Å². The smallest absolute Gasteiger partial charge is 0.316 e. The molecule has 0 amide bonds. The fourth-order valence-electron chi connectivity index (χ4n) is 4.15. The number of esters is 1. The van der Waals surface area contributed by atoms with Crippen LogP contribution in [0.25, 0.3) is 0 Å². The quantitative estimate of drug-likeness (QED) is 0.719. The second kappa shape index (κ2) is 7.66. The Morgan fingerprint density at radius 1 is 1.25 bits per heavy atom. The standard InChI is InChI=1S/C20H30N2O2/c1-21(13-14-22-11-7-4-8-12-22)16-18-15-20(18,19(23)24-2)17-9-5-3-6-10-17/h3,5-6,9-10,18H,4,7-8,11-16H2,1-2H3/t18-,20+/m0/s1. The normalized spacial score (nSPS) is 27.2. The third-order valence-corrected chi connectivity index (χ3v) is 5.72. The predicted octanol–water partition coefficient (Wildman–Crippen LogP) is 2.54. The largest absolute Gasteiger partial charge is 0.468 e. The van der Waals surface area contributed by atoms with E-state index in [4.69, 9.17) is 4.74 Å². The van der Waals surface area contributed by atoms with Gasteiger partial charge in [-0.1, -0.05) is 36.8 Å². The van der Waals surface area contributed by atoms with E-state index in [9.17, 15) is 4.79 Å². The Bertz CT molecular complexity index is 542. The SMILES string of the molecule is COC(=O)[C@@]1(c2ccccc2)C[C@H]1CN(C)CCN1CCCCC1. The summed E-state index contributed by atoms with van der Waals surface area (Å²) in [7, 11) is 3.68. The summed E-state index contributed by atoms with van der Waals surface area (Å²) in [6.45, 7) is 5.65. The number of piperidine rings is 1. The monoisotopic (exact) mass is 330 g/mol. The van der Waals surface area contributed by atoms with Gasteiger partial charge in [-0.15, -0.1) is 0 Å². The molecule has 2 aliphatic rings. The van der Waals surface area contributed by atoms with E-state index < -0.39 is 5.41 Å². The Morgan fingerprint density at radius 2 is 1.96 bits per heavy atom. The van der Waals surface area contributed by atoms with Crippen molar-refractivity contribution >= 4 is 5.97 Å². The molecule has 1 aromatic rings. The van der Waals surface area contributed by atoms with E-state index in [1.165, 1.54) is 39.5 Å². The maximum absolute atomic E-state index is 12.4. The molecular formula is C20H30N2O2. The van der Waals surface area contributed by atoms with E-state index in [1.807, 2.05) is 18.2 Å². The third kappa shape index (κ3) is 3.65. The number of hydrogen-bond acceptors (Lipinski definition) is 4. The van der Waals surface area contributed by atoms with Crippen LogP contribution in [-0.2, 0) is 14.9 Å². The highest BCUT2D eigenvalue weighted by molar-refractivity contribution is 5.87. The molecule has 1 aromatic carbocycles. The first-order valence-electron chi connectivity index (χ1n) is 9.21. The number of rotatable bonds is 7. The molecule has 1 aliphatic carbocycles. The molecular weight excluding hydrogens is 300 g/mol. The van der Waals surface area contributed by atoms with Gasteiger partial charge in [0.05, 0.1) is 12.5 Å². The molecule has 2 fully saturated rings. The predicted molar refractivity (Wildman–Crippen MR) is 96.0 cm³/mol. The zero-order valence-corrected chi connectivity index (χ0v) is 15.0. The van der Waals surface area contributed by atoms with Crippen molar-refractivity contribution in [1.82, 2.24) is 9.80 Å². The van der Waals surface area contributed by atoms with Crippen molar-refractivity contribution in [3.05, 3.63) is 35.9 Å². The average molecular weight is 330 g/mol. The van der Waals surface area contributed by atoms with Gasteiger partial charge >= 0.3 is 5.97 Å². The minimum atomic E-state index is -0.421. The molecule has 1 aliphatic heterocycles. The van der Waals surface area contributed by atoms with Gasteiger partial charge in [0.15, 0.2) is 0 Å². The van der Waals surface area contributed by atoms with E-state index in [2.05, 4.69) is 29.0 Å². The zero-order valence-electron chi connectivity index (χ0n) is 15.0. The second-order valence-corrected chi connectivity index (χ2v) is 7.39. The molecule has 4 nitrogen and oxygen atoms in total. The van der Waals surface area contributed by atoms with Crippen molar-refractivity contribution in [2.45, 2.75) is 31.1 Å². The van der Waals surface area contributed by atoms with E-state index in [-0.39, 0.29) is 5.97 Å². The summed E-state index contributed by atoms with van der Waals surface area (Å²) in [6, 6.07) is 10.1. The maximum Gasteiger partial charge on any atom is 0.316 e. The van der Waals surface area contributed by atoms with Crippen LogP contribution in [0.5, 0.6) is 0 Å². The summed E-state index contributed by atoms with van der Waals surface area (Å²) in [4.78, 5) is 17.4. The van der Waals surface area contributed by atoms with Gasteiger partial charge in [-0.05, 0) is 50.9 Å². The number of carbonyl (C=O) groups is 1. The van der Waals surface area contributed by atoms with Crippen LogP contribution in [0.2, 0.25) is 0 Å². The zero-order chi connectivity index (χ0) is 17.0. The highest BCUT2D eigenvalue weighted by atomic mass is 16.5. The van der Waals surface area contributed by atoms with Gasteiger partial charge in [-0.25, -0.2) is 0 Å². The number of carbonyl (C=O) groups excluding carboxylic acids is 1. The van der Waals surface area contributed by atoms with Crippen molar-refractivity contribution in [2.24, 2.45) is 5.92 Å². The summed E-state index contributed by atoms with van der Waals surface area (Å²) >= 11 is 0. The van der Waals surface area contributed by atoms with Crippen LogP contribution in [0.1, 0.15) is 31.2 Å². The van der Waals surface area contributed by atoms with Crippen LogP contribution < -0.4 is 0 Å². The molecule has 0 spiro atoms. The van der Waals surface area contributed by atoms with Gasteiger partial charge in [-0.2, -0.15) is 0 Å². The Hall–Kier alpha value is -1.39. The fraction of sp³-hybridized carbons (Fsp3) is 0.650. The molecule has 1 saturated heterocycles. The average Bonchev–Trinajstić information content (AvgIpc) is 3.36. The van der Waals surface area contributed by atoms with Gasteiger partial charge in [0.1, 0.15) is 0 Å². The third-order valence-electron chi connectivity index (χ3n) is 5.72. The number of ether oxygens (including phenoxy) is 1. The molecule has 3 rings (SSSR count). The molecule has 0 unspecified atom stereocenters. The van der Waals surface area contributed by atoms with Gasteiger partial charge in [0.25, 0.3) is 0 Å². The molecule has 0 bridgehead atoms. The van der Waals surface area contributed by atoms with Gasteiger partial charge < -0.3 is 14.5 Å². The minimum absolute atomic E-state index is 0.0804. The highest BCUT2D eigenvalue weighted by Crippen LogP contribution is 2.55. The van der Waals surface area contributed by atoms with Crippen LogP contribution in [0.15, 0.2) is 30.3 Å². The van der Waals surface area contributed by atoms with Crippen LogP contribution in [-0.4, -0.2) is 62.7 Å². The van der Waals surface area contributed by atoms with Crippen LogP contribution >= 0.6 is 0 Å². The van der Waals surface area contributed by atoms with E-state index in [0.717, 1.165) is 31.6 Å². The Balaban J connectivity index is 1.56. The molecule has 0 radical (unpaired) electrons. The first-order valence-corrected chi connectivity index (χ1v) is 9.21. The maximum atomic E-state index is 12.4. The molecule has 4 heteroatoms. The summed E-state index contributed by atoms with van der Waals surface area (Å²) in [6.07, 6.45) is 4.96. The highest BCUT2D eigenvalue weighted by Gasteiger charge is 2.62. The van der Waals surface area contributed by atoms with Crippen molar-refractivity contribution < 1.29 is 9.53 Å². The Kier molecular flexibility index (Phi) is 5.57. The second-order valence-electron chi connectivity index (χ2n) is 7.39. The van der Waals surface area contributed by atoms with Crippen LogP contribution in [0.4, 0.5) is 0 Å². The lowest BCUT2D eigenvalue weighted by molar-refractivity contribution is -0.144. The minimum Gasteiger partial charge on any atom is -0.468 e. The Labute approximate surface area is 145 Å². The number of methoxy groups -OCH3 is 1. The molecule has 0 N–H and O–H groups in total. The molecule has 24 heavy (non-hydrogen) atoms. The summed E-state index contributed by atoms with van der Waals surface area (Å²) in [5.41, 5.74) is 0.682.